The summed E-state index contributed by atoms with van der Waals surface area (Å²) in [6, 6.07) is 0. The van der Waals surface area contributed by atoms with E-state index in [-0.39, 0.29) is 6.61 Å². The Hall–Kier alpha value is -1.42. The van der Waals surface area contributed by atoms with Gasteiger partial charge in [-0.25, -0.2) is 0 Å². The van der Waals surface area contributed by atoms with Crippen LogP contribution in [0, 0.1) is 0 Å². The van der Waals surface area contributed by atoms with Crippen molar-refractivity contribution in [1.29, 1.82) is 0 Å². The Labute approximate surface area is 184 Å². The number of carbonyl (C=O) groups is 2. The van der Waals surface area contributed by atoms with Crippen LogP contribution in [0.5, 0.6) is 0 Å². The smallest absolute Gasteiger partial charge is 0.302 e. The lowest BCUT2D eigenvalue weighted by molar-refractivity contribution is -0.370. The summed E-state index contributed by atoms with van der Waals surface area (Å²) in [5.74, 6) is -1.26. The number of aliphatic hydroxyl groups excluding tert-OH is 5. The topological polar surface area (TPSA) is 191 Å². The Bertz CT molecular complexity index is 628. The molecule has 0 aromatic heterocycles. The van der Waals surface area contributed by atoms with Gasteiger partial charge in [-0.1, -0.05) is 0 Å². The Morgan fingerprint density at radius 1 is 0.750 bits per heavy atom. The molecule has 0 bridgehead atoms. The van der Waals surface area contributed by atoms with Crippen molar-refractivity contribution in [3.8, 4) is 0 Å². The number of aliphatic hydroxyl groups is 5. The summed E-state index contributed by atoms with van der Waals surface area (Å²) in [6.07, 6.45) is -15.3. The van der Waals surface area contributed by atoms with Crippen molar-refractivity contribution in [2.45, 2.75) is 95.2 Å². The molecule has 0 aromatic carbocycles. The van der Waals surface area contributed by atoms with E-state index in [1.165, 1.54) is 6.92 Å². The van der Waals surface area contributed by atoms with Gasteiger partial charge in [-0.15, -0.1) is 0 Å². The molecule has 32 heavy (non-hydrogen) atoms. The highest BCUT2D eigenvalue weighted by atomic mass is 16.8. The molecule has 0 aromatic rings. The maximum atomic E-state index is 11.1. The quantitative estimate of drug-likeness (QED) is 0.229. The molecule has 2 rings (SSSR count). The van der Waals surface area contributed by atoms with Crippen molar-refractivity contribution >= 4 is 11.9 Å². The Morgan fingerprint density at radius 2 is 1.22 bits per heavy atom. The zero-order valence-corrected chi connectivity index (χ0v) is 18.3. The molecule has 2 fully saturated rings. The summed E-state index contributed by atoms with van der Waals surface area (Å²) < 4.78 is 31.9. The van der Waals surface area contributed by atoms with Gasteiger partial charge in [-0.3, -0.25) is 9.59 Å². The number of esters is 2. The van der Waals surface area contributed by atoms with E-state index >= 15 is 0 Å². The van der Waals surface area contributed by atoms with Gasteiger partial charge in [0.1, 0.15) is 62.0 Å². The molecule has 0 spiro atoms. The first-order chi connectivity index (χ1) is 14.9. The SMILES string of the molecule is CC(=O)OCC1O[C@@H](OC2C(O)[C@H](O)C(COC(C)=O)O[C@H]2OC(C)C)C(O)C(O)[C@@H]1O. The minimum absolute atomic E-state index is 0.351. The standard InChI is InChI=1S/C19H32O13/c1-7(2)29-19-17(15(25)13(23)11(31-19)6-28-9(4)21)32-18-16(26)14(24)12(22)10(30-18)5-27-8(3)20/h7,10-19,22-26H,5-6H2,1-4H3/t10?,11?,12-,13-,14?,15?,16?,17?,18+,19-/m1/s1. The summed E-state index contributed by atoms with van der Waals surface area (Å²) in [5, 5.41) is 51.6. The molecular weight excluding hydrogens is 436 g/mol. The maximum Gasteiger partial charge on any atom is 0.302 e. The van der Waals surface area contributed by atoms with Gasteiger partial charge in [0, 0.05) is 13.8 Å². The van der Waals surface area contributed by atoms with E-state index in [9.17, 15) is 35.1 Å². The maximum absolute atomic E-state index is 11.1. The normalized spacial score (nSPS) is 40.2. The highest BCUT2D eigenvalue weighted by molar-refractivity contribution is 5.66. The van der Waals surface area contributed by atoms with Crippen molar-refractivity contribution < 1.29 is 63.5 Å². The second-order valence-electron chi connectivity index (χ2n) is 7.93. The highest BCUT2D eigenvalue weighted by Gasteiger charge is 2.51. The first-order valence-corrected chi connectivity index (χ1v) is 10.2. The molecule has 2 saturated heterocycles. The predicted octanol–water partition coefficient (Wildman–Crippen LogP) is -2.82. The number of ether oxygens (including phenoxy) is 6. The van der Waals surface area contributed by atoms with Crippen molar-refractivity contribution in [1.82, 2.24) is 0 Å². The molecule has 2 heterocycles. The fourth-order valence-electron chi connectivity index (χ4n) is 3.29. The minimum Gasteiger partial charge on any atom is -0.463 e. The van der Waals surface area contributed by atoms with Crippen LogP contribution in [0.1, 0.15) is 27.7 Å². The Kier molecular flexibility index (Phi) is 9.75. The molecule has 13 nitrogen and oxygen atoms in total. The Balaban J connectivity index is 2.17. The third-order valence-corrected chi connectivity index (χ3v) is 4.91. The van der Waals surface area contributed by atoms with E-state index in [1.807, 2.05) is 0 Å². The second-order valence-corrected chi connectivity index (χ2v) is 7.93. The number of rotatable bonds is 8. The van der Waals surface area contributed by atoms with E-state index in [1.54, 1.807) is 13.8 Å². The number of hydrogen-bond acceptors (Lipinski definition) is 13. The van der Waals surface area contributed by atoms with Crippen molar-refractivity contribution in [3.05, 3.63) is 0 Å². The van der Waals surface area contributed by atoms with Crippen LogP contribution in [0.15, 0.2) is 0 Å². The van der Waals surface area contributed by atoms with Gasteiger partial charge in [0.15, 0.2) is 12.6 Å². The largest absolute Gasteiger partial charge is 0.463 e. The summed E-state index contributed by atoms with van der Waals surface area (Å²) in [7, 11) is 0. The van der Waals surface area contributed by atoms with Crippen LogP contribution in [0.25, 0.3) is 0 Å². The van der Waals surface area contributed by atoms with E-state index in [0.29, 0.717) is 0 Å². The van der Waals surface area contributed by atoms with Gasteiger partial charge in [0.2, 0.25) is 0 Å². The molecule has 0 saturated carbocycles. The number of hydrogen-bond donors (Lipinski definition) is 5. The fourth-order valence-corrected chi connectivity index (χ4v) is 3.29. The molecule has 0 aliphatic carbocycles. The summed E-state index contributed by atoms with van der Waals surface area (Å²) in [4.78, 5) is 22.1. The lowest BCUT2D eigenvalue weighted by Gasteiger charge is -2.46. The van der Waals surface area contributed by atoms with Crippen LogP contribution < -0.4 is 0 Å². The fraction of sp³-hybridized carbons (Fsp3) is 0.895. The first-order valence-electron chi connectivity index (χ1n) is 10.2. The van der Waals surface area contributed by atoms with Crippen LogP contribution in [0.3, 0.4) is 0 Å². The van der Waals surface area contributed by atoms with Crippen molar-refractivity contribution in [2.75, 3.05) is 13.2 Å². The van der Waals surface area contributed by atoms with E-state index in [2.05, 4.69) is 0 Å². The first kappa shape index (κ1) is 26.8. The van der Waals surface area contributed by atoms with Gasteiger partial charge in [0.25, 0.3) is 0 Å². The van der Waals surface area contributed by atoms with Crippen LogP contribution in [0.4, 0.5) is 0 Å². The van der Waals surface area contributed by atoms with Gasteiger partial charge in [-0.2, -0.15) is 0 Å². The monoisotopic (exact) mass is 468 g/mol. The predicted molar refractivity (Wildman–Crippen MR) is 102 cm³/mol. The van der Waals surface area contributed by atoms with Gasteiger partial charge in [0.05, 0.1) is 6.10 Å². The third kappa shape index (κ3) is 6.79. The van der Waals surface area contributed by atoms with E-state index in [0.717, 1.165) is 6.92 Å². The van der Waals surface area contributed by atoms with Gasteiger partial charge >= 0.3 is 11.9 Å². The van der Waals surface area contributed by atoms with Crippen LogP contribution >= 0.6 is 0 Å². The van der Waals surface area contributed by atoms with E-state index < -0.39 is 86.1 Å². The summed E-state index contributed by atoms with van der Waals surface area (Å²) in [6.45, 7) is 4.90. The van der Waals surface area contributed by atoms with Crippen molar-refractivity contribution in [3.63, 3.8) is 0 Å². The molecule has 6 unspecified atom stereocenters. The van der Waals surface area contributed by atoms with Crippen LogP contribution in [0.2, 0.25) is 0 Å². The van der Waals surface area contributed by atoms with E-state index in [4.69, 9.17) is 28.4 Å². The van der Waals surface area contributed by atoms with Gasteiger partial charge in [-0.05, 0) is 13.8 Å². The molecule has 2 aliphatic heterocycles. The number of carbonyl (C=O) groups excluding carboxylic acids is 2. The molecule has 5 N–H and O–H groups in total. The lowest BCUT2D eigenvalue weighted by atomic mass is 9.97. The minimum atomic E-state index is -1.75. The van der Waals surface area contributed by atoms with Crippen molar-refractivity contribution in [2.24, 2.45) is 0 Å². The molecule has 0 amide bonds. The molecule has 2 aliphatic rings. The van der Waals surface area contributed by atoms with Gasteiger partial charge < -0.3 is 54.0 Å². The van der Waals surface area contributed by atoms with Crippen LogP contribution in [-0.2, 0) is 38.0 Å². The zero-order chi connectivity index (χ0) is 24.2. The average Bonchev–Trinajstić information content (AvgIpc) is 2.70. The summed E-state index contributed by atoms with van der Waals surface area (Å²) >= 11 is 0. The molecule has 186 valence electrons. The molecule has 13 heteroatoms. The average molecular weight is 468 g/mol. The third-order valence-electron chi connectivity index (χ3n) is 4.91. The molecule has 10 atom stereocenters. The van der Waals surface area contributed by atoms with Crippen LogP contribution in [-0.4, -0.2) is 118 Å². The highest BCUT2D eigenvalue weighted by Crippen LogP contribution is 2.30. The second kappa shape index (κ2) is 11.6. The molecule has 0 radical (unpaired) electrons. The Morgan fingerprint density at radius 3 is 1.69 bits per heavy atom. The molecular formula is C19H32O13. The lowest BCUT2D eigenvalue weighted by Crippen LogP contribution is -2.65. The summed E-state index contributed by atoms with van der Waals surface area (Å²) in [5.41, 5.74) is 0. The zero-order valence-electron chi connectivity index (χ0n) is 18.3.